The Hall–Kier alpha value is -4.59. The predicted molar refractivity (Wildman–Crippen MR) is 196 cm³/mol. The molecule has 4 aromatic carbocycles. The van der Waals surface area contributed by atoms with E-state index in [0.717, 1.165) is 38.9 Å². The van der Waals surface area contributed by atoms with Crippen LogP contribution in [0.5, 0.6) is 0 Å². The van der Waals surface area contributed by atoms with Crippen molar-refractivity contribution in [3.05, 3.63) is 131 Å². The maximum atomic E-state index is 13.1. The van der Waals surface area contributed by atoms with E-state index < -0.39 is 36.4 Å². The van der Waals surface area contributed by atoms with Crippen LogP contribution in [0, 0.1) is 0 Å². The molecule has 0 radical (unpaired) electrons. The molecule has 2 saturated heterocycles. The summed E-state index contributed by atoms with van der Waals surface area (Å²) in [6.07, 6.45) is -5.92. The van der Waals surface area contributed by atoms with Gasteiger partial charge in [0.15, 0.2) is 6.29 Å². The maximum absolute atomic E-state index is 13.1. The molecular weight excluding hydrogens is 699 g/mol. The number of alkyl halides is 3. The van der Waals surface area contributed by atoms with Crippen LogP contribution >= 0.6 is 0 Å². The van der Waals surface area contributed by atoms with E-state index in [4.69, 9.17) is 9.47 Å². The molecule has 9 nitrogen and oxygen atoms in total. The van der Waals surface area contributed by atoms with Gasteiger partial charge in [0.05, 0.1) is 24.9 Å². The number of nitrogens with one attached hydrogen (secondary N) is 1. The number of likely N-dealkylation sites (tertiary alicyclic amines) is 1. The van der Waals surface area contributed by atoms with Crippen molar-refractivity contribution < 1.29 is 42.4 Å². The maximum Gasteiger partial charge on any atom is 0.471 e. The molecule has 2 aliphatic rings. The molecule has 6 atom stereocenters. The third kappa shape index (κ3) is 9.37. The molecule has 2 fully saturated rings. The van der Waals surface area contributed by atoms with E-state index in [1.807, 2.05) is 117 Å². The summed E-state index contributed by atoms with van der Waals surface area (Å²) in [7, 11) is 1.97. The lowest BCUT2D eigenvalue weighted by molar-refractivity contribution is -0.253. The zero-order valence-corrected chi connectivity index (χ0v) is 30.3. The van der Waals surface area contributed by atoms with E-state index in [9.17, 15) is 33.0 Å². The van der Waals surface area contributed by atoms with Crippen LogP contribution in [0.1, 0.15) is 72.5 Å². The number of carbonyl (C=O) groups excluding carboxylic acids is 2. The topological polar surface area (TPSA) is 112 Å². The Labute approximate surface area is 313 Å². The van der Waals surface area contributed by atoms with Crippen molar-refractivity contribution in [2.24, 2.45) is 0 Å². The number of benzene rings is 4. The number of rotatable bonds is 12. The quantitative estimate of drug-likeness (QED) is 0.150. The zero-order valence-electron chi connectivity index (χ0n) is 30.3. The third-order valence-electron chi connectivity index (χ3n) is 10.3. The Morgan fingerprint density at radius 2 is 1.61 bits per heavy atom. The molecule has 0 aliphatic carbocycles. The summed E-state index contributed by atoms with van der Waals surface area (Å²) in [6.45, 7) is 2.43. The van der Waals surface area contributed by atoms with Crippen LogP contribution in [-0.4, -0.2) is 76.3 Å². The van der Waals surface area contributed by atoms with Crippen LogP contribution < -0.4 is 5.32 Å². The summed E-state index contributed by atoms with van der Waals surface area (Å²) in [5.74, 6) is -2.61. The average Bonchev–Trinajstić information content (AvgIpc) is 3.69. The van der Waals surface area contributed by atoms with Crippen LogP contribution in [0.25, 0.3) is 11.1 Å². The summed E-state index contributed by atoms with van der Waals surface area (Å²) in [6, 6.07) is 31.2. The second-order valence-corrected chi connectivity index (χ2v) is 14.1. The van der Waals surface area contributed by atoms with Gasteiger partial charge in [-0.3, -0.25) is 14.5 Å². The standard InChI is InChI=1S/C42H46F3N3O6/c1-27(38(50)31-10-4-3-5-11-31)47(2)25-35-23-37(30-18-16-28(26-49)17-19-30)54-40(53-35)34-14-7-13-33(22-34)32-12-6-9-29(21-32)24-46-39(51)36-15-8-20-48(36)41(52)42(43,44)45/h3-7,9-14,16-19,21-22,27,35-38,40,49-50H,8,15,20,23-26H2,1-2H3,(H,46,51)/t27-,35+,36-,37-,38-,40-/m0/s1. The minimum Gasteiger partial charge on any atom is -0.392 e. The molecular formula is C42H46F3N3O6. The second kappa shape index (κ2) is 17.3. The van der Waals surface area contributed by atoms with Crippen molar-refractivity contribution in [2.45, 2.75) is 82.2 Å². The minimum absolute atomic E-state index is 0.0605. The smallest absolute Gasteiger partial charge is 0.392 e. The fourth-order valence-corrected chi connectivity index (χ4v) is 7.17. The number of likely N-dealkylation sites (N-methyl/N-ethyl adjacent to an activating group) is 1. The molecule has 0 bridgehead atoms. The first-order valence-corrected chi connectivity index (χ1v) is 18.2. The average molecular weight is 746 g/mol. The molecule has 286 valence electrons. The molecule has 0 unspecified atom stereocenters. The number of hydrogen-bond donors (Lipinski definition) is 3. The number of amides is 2. The Morgan fingerprint density at radius 3 is 2.31 bits per heavy atom. The molecule has 3 N–H and O–H groups in total. The highest BCUT2D eigenvalue weighted by molar-refractivity contribution is 5.90. The highest BCUT2D eigenvalue weighted by Gasteiger charge is 2.47. The number of carbonyl (C=O) groups is 2. The highest BCUT2D eigenvalue weighted by Crippen LogP contribution is 2.39. The third-order valence-corrected chi connectivity index (χ3v) is 10.3. The first kappa shape index (κ1) is 39.1. The fraction of sp³-hybridized carbons (Fsp3) is 0.381. The van der Waals surface area contributed by atoms with Crippen LogP contribution in [0.4, 0.5) is 13.2 Å². The highest BCUT2D eigenvalue weighted by atomic mass is 19.4. The van der Waals surface area contributed by atoms with Gasteiger partial charge in [0.1, 0.15) is 6.04 Å². The number of hydrogen-bond acceptors (Lipinski definition) is 7. The summed E-state index contributed by atoms with van der Waals surface area (Å²) in [5, 5.41) is 23.4. The van der Waals surface area contributed by atoms with Crippen molar-refractivity contribution >= 4 is 11.8 Å². The predicted octanol–water partition coefficient (Wildman–Crippen LogP) is 6.61. The van der Waals surface area contributed by atoms with E-state index in [-0.39, 0.29) is 44.4 Å². The first-order chi connectivity index (χ1) is 25.9. The number of halogens is 3. The van der Waals surface area contributed by atoms with Gasteiger partial charge >= 0.3 is 12.1 Å². The van der Waals surface area contributed by atoms with Gasteiger partial charge in [0.25, 0.3) is 0 Å². The van der Waals surface area contributed by atoms with Gasteiger partial charge in [0, 0.05) is 37.7 Å². The van der Waals surface area contributed by atoms with Crippen LogP contribution in [0.3, 0.4) is 0 Å². The van der Waals surface area contributed by atoms with Crippen molar-refractivity contribution in [3.8, 4) is 11.1 Å². The lowest BCUT2D eigenvalue weighted by atomic mass is 9.97. The Balaban J connectivity index is 1.17. The van der Waals surface area contributed by atoms with Crippen molar-refractivity contribution in [2.75, 3.05) is 20.1 Å². The molecule has 0 aromatic heterocycles. The van der Waals surface area contributed by atoms with Crippen molar-refractivity contribution in [3.63, 3.8) is 0 Å². The normalized spacial score (nSPS) is 21.5. The lowest BCUT2D eigenvalue weighted by Crippen LogP contribution is -2.50. The lowest BCUT2D eigenvalue weighted by Gasteiger charge is -2.39. The zero-order chi connectivity index (χ0) is 38.4. The van der Waals surface area contributed by atoms with Gasteiger partial charge in [-0.05, 0) is 72.3 Å². The number of ether oxygens (including phenoxy) is 2. The second-order valence-electron chi connectivity index (χ2n) is 14.1. The first-order valence-electron chi connectivity index (χ1n) is 18.2. The summed E-state index contributed by atoms with van der Waals surface area (Å²) in [4.78, 5) is 27.5. The SMILES string of the molecule is C[C@@H]([C@H](O)c1ccccc1)N(C)C[C@H]1C[C@@H](c2ccc(CO)cc2)O[C@@H](c2cccc(-c3cccc(CNC(=O)[C@@H]4CCCN4C(=O)C(F)(F)F)c3)c2)O1. The Morgan fingerprint density at radius 1 is 0.907 bits per heavy atom. The van der Waals surface area contributed by atoms with Crippen LogP contribution in [0.2, 0.25) is 0 Å². The van der Waals surface area contributed by atoms with E-state index in [1.165, 1.54) is 0 Å². The largest absolute Gasteiger partial charge is 0.471 e. The van der Waals surface area contributed by atoms with Gasteiger partial charge in [-0.15, -0.1) is 0 Å². The van der Waals surface area contributed by atoms with Gasteiger partial charge in [-0.25, -0.2) is 0 Å². The Kier molecular flexibility index (Phi) is 12.5. The molecule has 6 rings (SSSR count). The van der Waals surface area contributed by atoms with Gasteiger partial charge in [-0.2, -0.15) is 13.2 Å². The summed E-state index contributed by atoms with van der Waals surface area (Å²) < 4.78 is 52.5. The van der Waals surface area contributed by atoms with E-state index in [1.54, 1.807) is 0 Å². The van der Waals surface area contributed by atoms with E-state index in [2.05, 4.69) is 10.2 Å². The molecule has 0 spiro atoms. The van der Waals surface area contributed by atoms with Crippen LogP contribution in [0.15, 0.2) is 103 Å². The molecule has 0 saturated carbocycles. The van der Waals surface area contributed by atoms with Crippen molar-refractivity contribution in [1.82, 2.24) is 15.1 Å². The summed E-state index contributed by atoms with van der Waals surface area (Å²) >= 11 is 0. The number of nitrogens with zero attached hydrogens (tertiary/aromatic N) is 2. The van der Waals surface area contributed by atoms with Crippen molar-refractivity contribution in [1.29, 1.82) is 0 Å². The van der Waals surface area contributed by atoms with Gasteiger partial charge < -0.3 is 29.9 Å². The molecule has 2 amide bonds. The van der Waals surface area contributed by atoms with Gasteiger partial charge in [-0.1, -0.05) is 91.0 Å². The monoisotopic (exact) mass is 745 g/mol. The molecule has 12 heteroatoms. The number of aliphatic hydroxyl groups is 2. The molecule has 54 heavy (non-hydrogen) atoms. The number of aliphatic hydroxyl groups excluding tert-OH is 2. The minimum atomic E-state index is -5.03. The molecule has 2 aliphatic heterocycles. The van der Waals surface area contributed by atoms with E-state index >= 15 is 0 Å². The molecule has 2 heterocycles. The van der Waals surface area contributed by atoms with Crippen LogP contribution in [-0.2, 0) is 32.2 Å². The van der Waals surface area contributed by atoms with Gasteiger partial charge in [0.2, 0.25) is 5.91 Å². The Bertz CT molecular complexity index is 1880. The van der Waals surface area contributed by atoms with E-state index in [0.29, 0.717) is 24.3 Å². The molecule has 4 aromatic rings. The summed E-state index contributed by atoms with van der Waals surface area (Å²) in [5.41, 5.74) is 5.85. The fourth-order valence-electron chi connectivity index (χ4n) is 7.17.